The maximum atomic E-state index is 10.1. The summed E-state index contributed by atoms with van der Waals surface area (Å²) in [5.74, 6) is -0.0171. The molecule has 0 bridgehead atoms. The number of aromatic nitrogens is 2. The molecule has 11 heavy (non-hydrogen) atoms. The summed E-state index contributed by atoms with van der Waals surface area (Å²) in [4.78, 5) is 14.0. The van der Waals surface area contributed by atoms with Crippen molar-refractivity contribution in [3.8, 4) is 0 Å². The summed E-state index contributed by atoms with van der Waals surface area (Å²) in [6, 6.07) is 0. The van der Waals surface area contributed by atoms with Crippen LogP contribution in [0.1, 0.15) is 18.7 Å². The Morgan fingerprint density at radius 2 is 2.55 bits per heavy atom. The van der Waals surface area contributed by atoms with Crippen LogP contribution in [0, 0.1) is 0 Å². The van der Waals surface area contributed by atoms with E-state index in [0.717, 1.165) is 5.82 Å². The molecule has 5 heteroatoms. The fraction of sp³-hybridized carbons (Fsp3) is 0.500. The zero-order chi connectivity index (χ0) is 8.10. The molecule has 1 aromatic rings. The van der Waals surface area contributed by atoms with Crippen LogP contribution < -0.4 is 0 Å². The molecule has 1 N–H and O–H groups in total. The smallest absolute Gasteiger partial charge is 0.303 e. The molecule has 0 aliphatic rings. The first kappa shape index (κ1) is 8.13. The minimum absolute atomic E-state index is 0.194. The van der Waals surface area contributed by atoms with Gasteiger partial charge in [0.2, 0.25) is 0 Å². The average Bonchev–Trinajstić information content (AvgIpc) is 2.39. The third-order valence-electron chi connectivity index (χ3n) is 1.20. The van der Waals surface area contributed by atoms with Crippen molar-refractivity contribution in [1.29, 1.82) is 0 Å². The van der Waals surface area contributed by atoms with E-state index in [1.807, 2.05) is 0 Å². The quantitative estimate of drug-likeness (QED) is 0.734. The van der Waals surface area contributed by atoms with Crippen LogP contribution in [0.2, 0.25) is 0 Å². The maximum Gasteiger partial charge on any atom is 0.303 e. The maximum absolute atomic E-state index is 10.1. The Hall–Kier alpha value is -0.970. The van der Waals surface area contributed by atoms with E-state index < -0.39 is 5.97 Å². The van der Waals surface area contributed by atoms with Gasteiger partial charge in [0.15, 0.2) is 0 Å². The second-order valence-electron chi connectivity index (χ2n) is 2.09. The highest BCUT2D eigenvalue weighted by Gasteiger charge is 1.99. The Morgan fingerprint density at radius 3 is 3.09 bits per heavy atom. The Kier molecular flexibility index (Phi) is 2.97. The molecule has 1 heterocycles. The summed E-state index contributed by atoms with van der Waals surface area (Å²) < 4.78 is 3.95. The zero-order valence-electron chi connectivity index (χ0n) is 5.86. The summed E-state index contributed by atoms with van der Waals surface area (Å²) in [7, 11) is 0. The molecular weight excluding hydrogens is 164 g/mol. The number of rotatable bonds is 4. The lowest BCUT2D eigenvalue weighted by atomic mass is 10.2. The van der Waals surface area contributed by atoms with Crippen molar-refractivity contribution in [3.63, 3.8) is 0 Å². The van der Waals surface area contributed by atoms with Crippen LogP contribution in [0.5, 0.6) is 0 Å². The van der Waals surface area contributed by atoms with Crippen LogP contribution in [-0.4, -0.2) is 20.4 Å². The number of carbonyl (C=O) groups is 1. The van der Waals surface area contributed by atoms with Crippen molar-refractivity contribution < 1.29 is 9.90 Å². The highest BCUT2D eigenvalue weighted by molar-refractivity contribution is 7.03. The van der Waals surface area contributed by atoms with Gasteiger partial charge in [-0.05, 0) is 18.0 Å². The van der Waals surface area contributed by atoms with Gasteiger partial charge in [-0.2, -0.15) is 4.37 Å². The first-order valence-electron chi connectivity index (χ1n) is 3.26. The van der Waals surface area contributed by atoms with Crippen molar-refractivity contribution in [2.45, 2.75) is 19.3 Å². The molecule has 0 aliphatic carbocycles. The highest BCUT2D eigenvalue weighted by atomic mass is 32.1. The molecule has 0 radical (unpaired) electrons. The minimum Gasteiger partial charge on any atom is -0.481 e. The second kappa shape index (κ2) is 4.02. The second-order valence-corrected chi connectivity index (χ2v) is 2.70. The number of carboxylic acid groups (broad SMARTS) is 1. The normalized spacial score (nSPS) is 9.82. The predicted molar refractivity (Wildman–Crippen MR) is 40.5 cm³/mol. The molecule has 0 amide bonds. The van der Waals surface area contributed by atoms with Crippen LogP contribution in [0.15, 0.2) is 5.51 Å². The lowest BCUT2D eigenvalue weighted by Crippen LogP contribution is -1.96. The van der Waals surface area contributed by atoms with Gasteiger partial charge < -0.3 is 5.11 Å². The lowest BCUT2D eigenvalue weighted by molar-refractivity contribution is -0.137. The third kappa shape index (κ3) is 3.08. The molecule has 0 saturated heterocycles. The van der Waals surface area contributed by atoms with Crippen LogP contribution >= 0.6 is 11.5 Å². The van der Waals surface area contributed by atoms with Crippen molar-refractivity contribution in [3.05, 3.63) is 11.3 Å². The van der Waals surface area contributed by atoms with Crippen LogP contribution in [0.25, 0.3) is 0 Å². The van der Waals surface area contributed by atoms with Crippen LogP contribution in [0.3, 0.4) is 0 Å². The van der Waals surface area contributed by atoms with Gasteiger partial charge in [0, 0.05) is 12.8 Å². The zero-order valence-corrected chi connectivity index (χ0v) is 6.67. The number of aliphatic carboxylic acids is 1. The minimum atomic E-state index is -0.764. The first-order chi connectivity index (χ1) is 5.29. The summed E-state index contributed by atoms with van der Waals surface area (Å²) >= 11 is 1.29. The number of hydrogen-bond acceptors (Lipinski definition) is 4. The van der Waals surface area contributed by atoms with Crippen LogP contribution in [0.4, 0.5) is 0 Å². The Bertz CT molecular complexity index is 222. The van der Waals surface area contributed by atoms with E-state index in [1.54, 1.807) is 5.51 Å². The van der Waals surface area contributed by atoms with E-state index in [1.165, 1.54) is 11.5 Å². The Balaban J connectivity index is 2.19. The van der Waals surface area contributed by atoms with E-state index in [4.69, 9.17) is 5.11 Å². The predicted octanol–water partition coefficient (Wildman–Crippen LogP) is 0.945. The molecule has 0 aromatic carbocycles. The summed E-state index contributed by atoms with van der Waals surface area (Å²) in [6.07, 6.45) is 1.47. The average molecular weight is 172 g/mol. The number of hydrogen-bond donors (Lipinski definition) is 1. The van der Waals surface area contributed by atoms with Gasteiger partial charge in [-0.15, -0.1) is 0 Å². The van der Waals surface area contributed by atoms with Gasteiger partial charge in [-0.3, -0.25) is 4.79 Å². The molecule has 0 aliphatic heterocycles. The fourth-order valence-electron chi connectivity index (χ4n) is 0.700. The summed E-state index contributed by atoms with van der Waals surface area (Å²) in [5.41, 5.74) is 1.65. The molecule has 0 fully saturated rings. The standard InChI is InChI=1S/C6H8N2O2S/c9-6(10)3-1-2-5-7-4-11-8-5/h4H,1-3H2,(H,9,10). The molecule has 0 atom stereocenters. The van der Waals surface area contributed by atoms with E-state index in [2.05, 4.69) is 9.36 Å². The van der Waals surface area contributed by atoms with E-state index >= 15 is 0 Å². The van der Waals surface area contributed by atoms with Gasteiger partial charge in [0.1, 0.15) is 11.3 Å². The molecule has 60 valence electrons. The fourth-order valence-corrected chi connectivity index (χ4v) is 1.18. The van der Waals surface area contributed by atoms with E-state index in [-0.39, 0.29) is 6.42 Å². The molecule has 0 unspecified atom stereocenters. The Labute approximate surface area is 68.1 Å². The van der Waals surface area contributed by atoms with Crippen molar-refractivity contribution >= 4 is 17.5 Å². The summed E-state index contributed by atoms with van der Waals surface area (Å²) in [5, 5.41) is 8.30. The Morgan fingerprint density at radius 1 is 1.73 bits per heavy atom. The molecule has 0 spiro atoms. The molecule has 1 aromatic heterocycles. The molecule has 1 rings (SSSR count). The number of aryl methyl sites for hydroxylation is 1. The molecule has 4 nitrogen and oxygen atoms in total. The largest absolute Gasteiger partial charge is 0.481 e. The topological polar surface area (TPSA) is 63.1 Å². The first-order valence-corrected chi connectivity index (χ1v) is 4.10. The monoisotopic (exact) mass is 172 g/mol. The third-order valence-corrected chi connectivity index (χ3v) is 1.71. The van der Waals surface area contributed by atoms with E-state index in [9.17, 15) is 4.79 Å². The number of carboxylic acids is 1. The van der Waals surface area contributed by atoms with Crippen molar-refractivity contribution in [2.75, 3.05) is 0 Å². The van der Waals surface area contributed by atoms with Gasteiger partial charge in [0.05, 0.1) is 0 Å². The molecule has 0 saturated carbocycles. The van der Waals surface area contributed by atoms with Gasteiger partial charge >= 0.3 is 5.97 Å². The van der Waals surface area contributed by atoms with Gasteiger partial charge in [0.25, 0.3) is 0 Å². The van der Waals surface area contributed by atoms with Crippen molar-refractivity contribution in [1.82, 2.24) is 9.36 Å². The van der Waals surface area contributed by atoms with Crippen molar-refractivity contribution in [2.24, 2.45) is 0 Å². The molecular formula is C6H8N2O2S. The van der Waals surface area contributed by atoms with Crippen LogP contribution in [-0.2, 0) is 11.2 Å². The number of nitrogens with zero attached hydrogens (tertiary/aromatic N) is 2. The van der Waals surface area contributed by atoms with E-state index in [0.29, 0.717) is 12.8 Å². The SMILES string of the molecule is O=C(O)CCCc1ncsn1. The lowest BCUT2D eigenvalue weighted by Gasteiger charge is -1.90. The van der Waals surface area contributed by atoms with Gasteiger partial charge in [-0.1, -0.05) is 0 Å². The summed E-state index contributed by atoms with van der Waals surface area (Å²) in [6.45, 7) is 0. The van der Waals surface area contributed by atoms with Gasteiger partial charge in [-0.25, -0.2) is 4.98 Å². The highest BCUT2D eigenvalue weighted by Crippen LogP contribution is 2.00.